The number of carbonyl (C=O) groups is 2. The van der Waals surface area contributed by atoms with E-state index in [0.717, 1.165) is 72.0 Å². The largest absolute Gasteiger partial charge is 0.481 e. The molecule has 1 saturated carbocycles. The van der Waals surface area contributed by atoms with E-state index in [4.69, 9.17) is 19.5 Å². The third-order valence-electron chi connectivity index (χ3n) is 10.8. The predicted molar refractivity (Wildman–Crippen MR) is 202 cm³/mol. The van der Waals surface area contributed by atoms with Crippen LogP contribution in [0.3, 0.4) is 0 Å². The molecule has 10 N–H and O–H groups in total. The second-order valence-corrected chi connectivity index (χ2v) is 19.8. The third-order valence-corrected chi connectivity index (χ3v) is 13.9. The summed E-state index contributed by atoms with van der Waals surface area (Å²) >= 11 is 0. The first-order valence-corrected chi connectivity index (χ1v) is 23.4. The van der Waals surface area contributed by atoms with Crippen LogP contribution < -0.4 is 16.4 Å². The summed E-state index contributed by atoms with van der Waals surface area (Å²) in [4.78, 5) is 76.3. The molecule has 10 atom stereocenters. The molecule has 0 aromatic carbocycles. The van der Waals surface area contributed by atoms with Crippen molar-refractivity contribution in [1.29, 1.82) is 0 Å². The molecular weight excluding hydrogens is 861 g/mol. The number of phosphoric acid groups is 3. The van der Waals surface area contributed by atoms with E-state index < -0.39 is 78.6 Å². The molecule has 60 heavy (non-hydrogen) atoms. The number of rotatable bonds is 19. The smallest absolute Gasteiger partial charge is 0.386 e. The van der Waals surface area contributed by atoms with Gasteiger partial charge in [-0.25, -0.2) is 33.3 Å². The maximum Gasteiger partial charge on any atom is 0.481 e. The number of carbonyl (C=O) groups excluding carboxylic acids is 2. The highest BCUT2D eigenvalue weighted by atomic mass is 31.3. The molecule has 3 aromatic rings. The van der Waals surface area contributed by atoms with Crippen LogP contribution in [0.15, 0.2) is 12.7 Å². The van der Waals surface area contributed by atoms with E-state index >= 15 is 0 Å². The highest BCUT2D eigenvalue weighted by Gasteiger charge is 2.50. The van der Waals surface area contributed by atoms with Crippen molar-refractivity contribution in [3.8, 4) is 0 Å². The van der Waals surface area contributed by atoms with Gasteiger partial charge in [0.05, 0.1) is 37.5 Å². The van der Waals surface area contributed by atoms with Gasteiger partial charge in [-0.2, -0.15) is 4.31 Å². The van der Waals surface area contributed by atoms with Gasteiger partial charge in [-0.05, 0) is 43.4 Å². The molecule has 0 spiro atoms. The van der Waals surface area contributed by atoms with Crippen LogP contribution in [0, 0.1) is 23.2 Å². The zero-order valence-corrected chi connectivity index (χ0v) is 35.3. The van der Waals surface area contributed by atoms with Gasteiger partial charge in [-0.1, -0.05) is 26.0 Å². The maximum absolute atomic E-state index is 12.7. The SMILES string of the molecule is CC1C2CCc3nnn(CCNC(=O)CCNC(=O)C(O)C(C)(C)COP(=O)(O)OP(=O)(O)OCC4OC(n5cnc6c(N)ncnc65)C(O)C4OP(=O)(O)O)c3CCC12. The minimum atomic E-state index is -5.57. The zero-order chi connectivity index (χ0) is 43.8. The molecule has 10 unspecified atom stereocenters. The standard InChI is InChI=1S/C31H49N10O16P3/c1-16-17-4-6-19-20(7-5-18(16)17)41(39-38-19)11-10-33-22(42)8-9-34-29(45)26(44)31(2,3)13-54-60(51,52)57-59(49,50)53-12-21-25(56-58(46,47)48)24(43)30(55-21)40-15-37-23-27(32)35-14-36-28(23)40/h14-18,21,24-26,30,43-44H,4-13H2,1-3H3,(H,33,42)(H,34,45)(H,49,50)(H,51,52)(H2,32,35,36)(H2,46,47,48). The number of fused-ring (bicyclic) bond motifs is 3. The molecule has 29 heteroatoms. The normalized spacial score (nSPS) is 26.9. The van der Waals surface area contributed by atoms with Crippen LogP contribution in [-0.2, 0) is 65.3 Å². The molecule has 3 aromatic heterocycles. The van der Waals surface area contributed by atoms with E-state index in [0.29, 0.717) is 6.54 Å². The van der Waals surface area contributed by atoms with Gasteiger partial charge < -0.3 is 50.9 Å². The van der Waals surface area contributed by atoms with Gasteiger partial charge in [0.25, 0.3) is 0 Å². The lowest BCUT2D eigenvalue weighted by Crippen LogP contribution is -2.46. The van der Waals surface area contributed by atoms with Crippen molar-refractivity contribution in [3.63, 3.8) is 0 Å². The number of nitrogens with two attached hydrogens (primary N) is 1. The van der Waals surface area contributed by atoms with Crippen molar-refractivity contribution in [3.05, 3.63) is 24.0 Å². The van der Waals surface area contributed by atoms with Crippen LogP contribution in [0.4, 0.5) is 5.82 Å². The Bertz CT molecular complexity index is 2190. The van der Waals surface area contributed by atoms with Gasteiger partial charge in [0.1, 0.15) is 36.3 Å². The van der Waals surface area contributed by atoms with Crippen LogP contribution in [0.1, 0.15) is 57.6 Å². The zero-order valence-electron chi connectivity index (χ0n) is 32.7. The number of aliphatic hydroxyl groups is 2. The Kier molecular flexibility index (Phi) is 14.0. The van der Waals surface area contributed by atoms with Gasteiger partial charge in [-0.15, -0.1) is 5.10 Å². The van der Waals surface area contributed by atoms with Crippen LogP contribution in [0.2, 0.25) is 0 Å². The number of hydrogen-bond donors (Lipinski definition) is 9. The summed E-state index contributed by atoms with van der Waals surface area (Å²) in [5, 5.41) is 35.4. The van der Waals surface area contributed by atoms with Crippen molar-refractivity contribution in [2.24, 2.45) is 23.2 Å². The van der Waals surface area contributed by atoms with E-state index in [1.165, 1.54) is 13.8 Å². The molecule has 26 nitrogen and oxygen atoms in total. The number of hydrogen-bond acceptors (Lipinski definition) is 18. The molecule has 2 amide bonds. The average Bonchev–Trinajstić information content (AvgIpc) is 3.47. The number of aryl methyl sites for hydroxylation is 1. The lowest BCUT2D eigenvalue weighted by Gasteiger charge is -2.30. The molecule has 2 fully saturated rings. The first kappa shape index (κ1) is 46.2. The van der Waals surface area contributed by atoms with Crippen LogP contribution >= 0.6 is 23.5 Å². The lowest BCUT2D eigenvalue weighted by molar-refractivity contribution is -0.137. The van der Waals surface area contributed by atoms with Gasteiger partial charge in [0.15, 0.2) is 17.7 Å². The second-order valence-electron chi connectivity index (χ2n) is 15.5. The summed E-state index contributed by atoms with van der Waals surface area (Å²) < 4.78 is 64.3. The highest BCUT2D eigenvalue weighted by Crippen LogP contribution is 2.61. The van der Waals surface area contributed by atoms with E-state index in [1.54, 1.807) is 0 Å². The molecular formula is C31H49N10O16P3. The minimum absolute atomic E-state index is 0.0365. The molecule has 334 valence electrons. The summed E-state index contributed by atoms with van der Waals surface area (Å²) in [5.41, 5.74) is 6.41. The third kappa shape index (κ3) is 11.2. The fourth-order valence-electron chi connectivity index (χ4n) is 7.45. The molecule has 4 heterocycles. The Balaban J connectivity index is 0.933. The predicted octanol–water partition coefficient (Wildman–Crippen LogP) is -0.542. The molecule has 3 aliphatic rings. The number of nitrogens with one attached hydrogen (secondary N) is 2. The fourth-order valence-corrected chi connectivity index (χ4v) is 10.3. The van der Waals surface area contributed by atoms with E-state index in [-0.39, 0.29) is 42.4 Å². The van der Waals surface area contributed by atoms with E-state index in [9.17, 15) is 53.1 Å². The Hall–Kier alpha value is -3.32. The van der Waals surface area contributed by atoms with Gasteiger partial charge in [-0.3, -0.25) is 27.7 Å². The topological polar surface area (TPSA) is 377 Å². The van der Waals surface area contributed by atoms with Gasteiger partial charge in [0, 0.05) is 24.9 Å². The molecule has 0 radical (unpaired) electrons. The van der Waals surface area contributed by atoms with Crippen molar-refractivity contribution in [2.75, 3.05) is 32.0 Å². The number of nitrogens with zero attached hydrogens (tertiary/aromatic N) is 7. The van der Waals surface area contributed by atoms with Crippen molar-refractivity contribution in [2.45, 2.75) is 90.1 Å². The molecule has 6 rings (SSSR count). The van der Waals surface area contributed by atoms with Crippen molar-refractivity contribution >= 4 is 52.3 Å². The Morgan fingerprint density at radius 3 is 2.45 bits per heavy atom. The minimum Gasteiger partial charge on any atom is -0.386 e. The monoisotopic (exact) mass is 910 g/mol. The van der Waals surface area contributed by atoms with E-state index in [1.807, 2.05) is 4.68 Å². The summed E-state index contributed by atoms with van der Waals surface area (Å²) in [6, 6.07) is 0. The number of aliphatic hydroxyl groups excluding tert-OH is 2. The number of imidazole rings is 1. The summed E-state index contributed by atoms with van der Waals surface area (Å²) in [6.07, 6.45) is -2.82. The number of phosphoric ester groups is 3. The first-order chi connectivity index (χ1) is 28.1. The van der Waals surface area contributed by atoms with Crippen LogP contribution in [0.25, 0.3) is 11.2 Å². The molecule has 1 aliphatic heterocycles. The molecule has 2 aliphatic carbocycles. The maximum atomic E-state index is 12.7. The summed E-state index contributed by atoms with van der Waals surface area (Å²) in [7, 11) is -16.4. The quantitative estimate of drug-likeness (QED) is 0.0682. The molecule has 1 saturated heterocycles. The number of amides is 2. The van der Waals surface area contributed by atoms with Crippen molar-refractivity contribution < 1.29 is 75.7 Å². The Morgan fingerprint density at radius 2 is 1.73 bits per heavy atom. The van der Waals surface area contributed by atoms with Crippen LogP contribution in [0.5, 0.6) is 0 Å². The lowest BCUT2D eigenvalue weighted by atomic mass is 9.87. The fraction of sp³-hybridized carbons (Fsp3) is 0.710. The van der Waals surface area contributed by atoms with Gasteiger partial charge in [0.2, 0.25) is 11.8 Å². The van der Waals surface area contributed by atoms with E-state index in [2.05, 4.69) is 51.7 Å². The summed E-state index contributed by atoms with van der Waals surface area (Å²) in [5.74, 6) is 0.913. The number of anilines is 1. The van der Waals surface area contributed by atoms with Crippen LogP contribution in [-0.4, -0.2) is 127 Å². The highest BCUT2D eigenvalue weighted by molar-refractivity contribution is 7.61. The van der Waals surface area contributed by atoms with Crippen molar-refractivity contribution in [1.82, 2.24) is 45.1 Å². The average molecular weight is 911 g/mol. The Morgan fingerprint density at radius 1 is 1.03 bits per heavy atom. The molecule has 0 bridgehead atoms. The van der Waals surface area contributed by atoms with Gasteiger partial charge >= 0.3 is 23.5 Å². The second kappa shape index (κ2) is 18.2. The Labute approximate surface area is 342 Å². The first-order valence-electron chi connectivity index (χ1n) is 18.9. The number of aromatic nitrogens is 7. The summed E-state index contributed by atoms with van der Waals surface area (Å²) in [6.45, 7) is 3.41. The number of ether oxygens (including phenoxy) is 1. The number of nitrogen functional groups attached to an aromatic ring is 1.